The molecule has 568 valence electrons. The highest BCUT2D eigenvalue weighted by Crippen LogP contribution is 2.38. The van der Waals surface area contributed by atoms with E-state index in [9.17, 15) is 19.0 Å². The van der Waals surface area contributed by atoms with Crippen LogP contribution in [0.5, 0.6) is 0 Å². The van der Waals surface area contributed by atoms with Gasteiger partial charge in [-0.1, -0.05) is 423 Å². The molecule has 2 atom stereocenters. The van der Waals surface area contributed by atoms with Crippen LogP contribution in [0.15, 0.2) is 36.5 Å². The van der Waals surface area contributed by atoms with Crippen LogP contribution in [-0.2, 0) is 32.7 Å². The summed E-state index contributed by atoms with van der Waals surface area (Å²) in [5.74, 6) is -0.804. The average Bonchev–Trinajstić information content (AvgIpc) is 2.72. The zero-order valence-electron chi connectivity index (χ0n) is 65.1. The molecule has 2 unspecified atom stereocenters. The maximum atomic E-state index is 12.9. The van der Waals surface area contributed by atoms with Crippen molar-refractivity contribution in [1.82, 2.24) is 0 Å². The van der Waals surface area contributed by atoms with Crippen LogP contribution in [-0.4, -0.2) is 70.0 Å². The van der Waals surface area contributed by atoms with Crippen LogP contribution < -0.4 is 4.89 Å². The maximum Gasteiger partial charge on any atom is 0.306 e. The molecule has 96 heavy (non-hydrogen) atoms. The fourth-order valence-corrected chi connectivity index (χ4v) is 13.9. The largest absolute Gasteiger partial charge is 0.756 e. The summed E-state index contributed by atoms with van der Waals surface area (Å²) >= 11 is 0. The third-order valence-corrected chi connectivity index (χ3v) is 20.6. The summed E-state index contributed by atoms with van der Waals surface area (Å²) in [5, 5.41) is 0. The average molecular weight is 1370 g/mol. The van der Waals surface area contributed by atoms with Crippen molar-refractivity contribution in [3.63, 3.8) is 0 Å². The van der Waals surface area contributed by atoms with E-state index in [1.165, 1.54) is 372 Å². The molecule has 0 heterocycles. The minimum absolute atomic E-state index is 0.0268. The van der Waals surface area contributed by atoms with Gasteiger partial charge in [0.05, 0.1) is 27.7 Å². The molecule has 0 aliphatic heterocycles. The molecule has 0 radical (unpaired) electrons. The topological polar surface area (TPSA) is 111 Å². The highest BCUT2D eigenvalue weighted by Gasteiger charge is 2.22. The number of phosphoric acid groups is 1. The first-order chi connectivity index (χ1) is 47.0. The molecule has 0 aliphatic rings. The van der Waals surface area contributed by atoms with Gasteiger partial charge in [0.15, 0.2) is 6.10 Å². The summed E-state index contributed by atoms with van der Waals surface area (Å²) in [6.45, 7) is 4.32. The SMILES string of the molecule is CCCCCCC/C=C\C/C=C\C/C=C\CCCCCCCCCCCCCCCCCCCCCCCCC(=O)OC(COC(=O)CCCCCCCCCCCCCCCCCCCCCCCCCCCCCCCCCCCCC)COP(=O)([O-])OCC[N+](C)(C)C. The van der Waals surface area contributed by atoms with Gasteiger partial charge < -0.3 is 27.9 Å². The standard InChI is InChI=1S/C86H166NO8P/c1-6-8-10-12-14-16-18-20-22-24-26-28-30-32-34-36-38-40-42-43-45-47-49-51-53-55-57-59-61-63-65-67-69-71-73-75-77-79-86(89)95-84(83-94-96(90,91)93-81-80-87(3,4)5)82-92-85(88)78-76-74-72-70-68-66-64-62-60-58-56-54-52-50-48-46-44-41-39-37-35-33-31-29-27-25-23-21-19-17-15-13-11-9-7-2/h18,20,24,26,30,32,84H,6-17,19,21-23,25,27-29,31,33-83H2,1-5H3/b20-18-,26-24-,32-30-. The Morgan fingerprint density at radius 2 is 0.562 bits per heavy atom. The molecule has 0 saturated heterocycles. The lowest BCUT2D eigenvalue weighted by atomic mass is 10.0. The summed E-state index contributed by atoms with van der Waals surface area (Å²) in [5.41, 5.74) is 0. The van der Waals surface area contributed by atoms with E-state index in [-0.39, 0.29) is 32.0 Å². The number of phosphoric ester groups is 1. The number of allylic oxidation sites excluding steroid dienone is 6. The van der Waals surface area contributed by atoms with E-state index in [4.69, 9.17) is 18.5 Å². The maximum absolute atomic E-state index is 12.9. The first-order valence-electron chi connectivity index (χ1n) is 42.7. The lowest BCUT2D eigenvalue weighted by molar-refractivity contribution is -0.870. The van der Waals surface area contributed by atoms with Crippen molar-refractivity contribution in [2.45, 2.75) is 457 Å². The third kappa shape index (κ3) is 81.2. The summed E-state index contributed by atoms with van der Waals surface area (Å²) in [6.07, 6.45) is 102. The predicted molar refractivity (Wildman–Crippen MR) is 416 cm³/mol. The molecule has 0 aromatic rings. The van der Waals surface area contributed by atoms with Gasteiger partial charge in [-0.25, -0.2) is 0 Å². The fourth-order valence-electron chi connectivity index (χ4n) is 13.1. The van der Waals surface area contributed by atoms with Gasteiger partial charge in [-0.15, -0.1) is 0 Å². The Balaban J connectivity index is 3.87. The summed E-state index contributed by atoms with van der Waals surface area (Å²) in [6, 6.07) is 0. The molecule has 0 spiro atoms. The quantitative estimate of drug-likeness (QED) is 0.0195. The molecule has 0 rings (SSSR count). The summed E-state index contributed by atoms with van der Waals surface area (Å²) in [4.78, 5) is 38.2. The smallest absolute Gasteiger partial charge is 0.306 e. The van der Waals surface area contributed by atoms with E-state index >= 15 is 0 Å². The van der Waals surface area contributed by atoms with Crippen LogP contribution in [0.1, 0.15) is 450 Å². The first kappa shape index (κ1) is 94.2. The molecule has 0 aromatic carbocycles. The number of carbonyl (C=O) groups excluding carboxylic acids is 2. The molecule has 0 saturated carbocycles. The highest BCUT2D eigenvalue weighted by atomic mass is 31.2. The van der Waals surface area contributed by atoms with Gasteiger partial charge in [0.1, 0.15) is 19.8 Å². The Morgan fingerprint density at radius 3 is 0.833 bits per heavy atom. The fraction of sp³-hybridized carbons (Fsp3) is 0.907. The second kappa shape index (κ2) is 77.4. The van der Waals surface area contributed by atoms with Gasteiger partial charge >= 0.3 is 11.9 Å². The highest BCUT2D eigenvalue weighted by molar-refractivity contribution is 7.45. The lowest BCUT2D eigenvalue weighted by Gasteiger charge is -2.28. The third-order valence-electron chi connectivity index (χ3n) is 19.7. The van der Waals surface area contributed by atoms with Crippen LogP contribution in [0.4, 0.5) is 0 Å². The van der Waals surface area contributed by atoms with Crippen LogP contribution in [0, 0.1) is 0 Å². The first-order valence-corrected chi connectivity index (χ1v) is 44.2. The van der Waals surface area contributed by atoms with Crippen molar-refractivity contribution in [2.24, 2.45) is 0 Å². The minimum Gasteiger partial charge on any atom is -0.756 e. The van der Waals surface area contributed by atoms with Crippen molar-refractivity contribution in [1.29, 1.82) is 0 Å². The molecule has 0 aromatic heterocycles. The Morgan fingerprint density at radius 1 is 0.323 bits per heavy atom. The van der Waals surface area contributed by atoms with Gasteiger partial charge in [0, 0.05) is 12.8 Å². The van der Waals surface area contributed by atoms with Gasteiger partial charge in [0.25, 0.3) is 7.82 Å². The molecule has 0 amide bonds. The van der Waals surface area contributed by atoms with Crippen molar-refractivity contribution in [3.05, 3.63) is 36.5 Å². The molecule has 9 nitrogen and oxygen atoms in total. The molecule has 10 heteroatoms. The van der Waals surface area contributed by atoms with E-state index in [1.807, 2.05) is 21.1 Å². The van der Waals surface area contributed by atoms with E-state index in [0.29, 0.717) is 17.4 Å². The zero-order chi connectivity index (χ0) is 69.7. The predicted octanol–water partition coefficient (Wildman–Crippen LogP) is 27.9. The minimum atomic E-state index is -4.64. The summed E-state index contributed by atoms with van der Waals surface area (Å²) in [7, 11) is 1.19. The van der Waals surface area contributed by atoms with E-state index in [1.54, 1.807) is 0 Å². The number of unbranched alkanes of at least 4 members (excludes halogenated alkanes) is 61. The number of esters is 2. The van der Waals surface area contributed by atoms with Crippen LogP contribution in [0.3, 0.4) is 0 Å². The number of rotatable bonds is 81. The van der Waals surface area contributed by atoms with Gasteiger partial charge in [-0.05, 0) is 51.4 Å². The number of hydrogen-bond donors (Lipinski definition) is 0. The number of hydrogen-bond acceptors (Lipinski definition) is 8. The van der Waals surface area contributed by atoms with Gasteiger partial charge in [-0.3, -0.25) is 14.2 Å². The zero-order valence-corrected chi connectivity index (χ0v) is 66.0. The Hall–Kier alpha value is -1.77. The second-order valence-corrected chi connectivity index (χ2v) is 32.0. The second-order valence-electron chi connectivity index (χ2n) is 30.6. The number of quaternary nitrogens is 1. The molecule has 0 N–H and O–H groups in total. The normalized spacial score (nSPS) is 13.1. The van der Waals surface area contributed by atoms with Crippen molar-refractivity contribution in [2.75, 3.05) is 47.5 Å². The number of carbonyl (C=O) groups is 2. The molecule has 0 fully saturated rings. The summed E-state index contributed by atoms with van der Waals surface area (Å²) < 4.78 is 34.5. The molecular formula is C86H166NO8P. The number of likely N-dealkylation sites (N-methyl/N-ethyl adjacent to an activating group) is 1. The molecular weight excluding hydrogens is 1210 g/mol. The Labute approximate surface area is 599 Å². The van der Waals surface area contributed by atoms with Crippen molar-refractivity contribution < 1.29 is 42.1 Å². The van der Waals surface area contributed by atoms with E-state index in [0.717, 1.165) is 44.9 Å². The Bertz CT molecular complexity index is 1710. The molecule has 0 bridgehead atoms. The van der Waals surface area contributed by atoms with E-state index in [2.05, 4.69) is 50.3 Å². The Kier molecular flexibility index (Phi) is 76.0. The number of ether oxygens (including phenoxy) is 2. The van der Waals surface area contributed by atoms with Crippen LogP contribution in [0.25, 0.3) is 0 Å². The van der Waals surface area contributed by atoms with Gasteiger partial charge in [-0.2, -0.15) is 0 Å². The molecule has 0 aliphatic carbocycles. The van der Waals surface area contributed by atoms with Crippen molar-refractivity contribution >= 4 is 19.8 Å². The monoisotopic (exact) mass is 1370 g/mol. The van der Waals surface area contributed by atoms with Gasteiger partial charge in [0.2, 0.25) is 0 Å². The lowest BCUT2D eigenvalue weighted by Crippen LogP contribution is -2.37. The van der Waals surface area contributed by atoms with Crippen LogP contribution in [0.2, 0.25) is 0 Å². The van der Waals surface area contributed by atoms with Crippen LogP contribution >= 0.6 is 7.82 Å². The number of nitrogens with zero attached hydrogens (tertiary/aromatic N) is 1. The van der Waals surface area contributed by atoms with E-state index < -0.39 is 26.5 Å². The van der Waals surface area contributed by atoms with Crippen molar-refractivity contribution in [3.8, 4) is 0 Å².